The molecule has 0 aromatic heterocycles. The lowest BCUT2D eigenvalue weighted by molar-refractivity contribution is -0.365. The number of aryl methyl sites for hydroxylation is 1. The van der Waals surface area contributed by atoms with Gasteiger partial charge in [-0.15, -0.1) is 0 Å². The van der Waals surface area contributed by atoms with Gasteiger partial charge in [-0.3, -0.25) is 0 Å². The number of hydrogen-bond donors (Lipinski definition) is 0. The molecule has 0 saturated carbocycles. The van der Waals surface area contributed by atoms with Gasteiger partial charge < -0.3 is 14.2 Å². The molecule has 0 radical (unpaired) electrons. The van der Waals surface area contributed by atoms with Crippen molar-refractivity contribution >= 4 is 0 Å². The van der Waals surface area contributed by atoms with Crippen LogP contribution in [0.5, 0.6) is 0 Å². The molecule has 3 nitrogen and oxygen atoms in total. The lowest BCUT2D eigenvalue weighted by atomic mass is 9.89. The summed E-state index contributed by atoms with van der Waals surface area (Å²) in [5.41, 5.74) is 2.62. The second-order valence-corrected chi connectivity index (χ2v) is 7.17. The van der Waals surface area contributed by atoms with Gasteiger partial charge >= 0.3 is 0 Å². The van der Waals surface area contributed by atoms with E-state index >= 15 is 0 Å². The van der Waals surface area contributed by atoms with E-state index in [1.54, 1.807) is 21.3 Å². The van der Waals surface area contributed by atoms with Crippen molar-refractivity contribution in [2.75, 3.05) is 21.3 Å². The molecule has 1 unspecified atom stereocenters. The van der Waals surface area contributed by atoms with Crippen molar-refractivity contribution in [1.29, 1.82) is 0 Å². The maximum Gasteiger partial charge on any atom is 0.289 e. The van der Waals surface area contributed by atoms with Gasteiger partial charge in [-0.25, -0.2) is 0 Å². The number of benzene rings is 1. The summed E-state index contributed by atoms with van der Waals surface area (Å²) in [7, 11) is 4.99. The second kappa shape index (κ2) is 13.3. The van der Waals surface area contributed by atoms with Gasteiger partial charge in [0.25, 0.3) is 5.97 Å². The highest BCUT2D eigenvalue weighted by Crippen LogP contribution is 2.37. The van der Waals surface area contributed by atoms with Crippen LogP contribution in [0.4, 0.5) is 0 Å². The van der Waals surface area contributed by atoms with Crippen molar-refractivity contribution in [3.8, 4) is 0 Å². The Kier molecular flexibility index (Phi) is 11.8. The van der Waals surface area contributed by atoms with Crippen LogP contribution in [-0.4, -0.2) is 27.3 Å². The fourth-order valence-electron chi connectivity index (χ4n) is 3.65. The quantitative estimate of drug-likeness (QED) is 0.264. The maximum atomic E-state index is 5.70. The van der Waals surface area contributed by atoms with E-state index in [0.29, 0.717) is 0 Å². The Labute approximate surface area is 161 Å². The third kappa shape index (κ3) is 7.02. The molecular weight excluding hydrogens is 324 g/mol. The minimum absolute atomic E-state index is 0.0638. The summed E-state index contributed by atoms with van der Waals surface area (Å²) in [6.45, 7) is 4.49. The van der Waals surface area contributed by atoms with Crippen LogP contribution >= 0.6 is 0 Å². The van der Waals surface area contributed by atoms with Gasteiger partial charge in [0.2, 0.25) is 0 Å². The van der Waals surface area contributed by atoms with Gasteiger partial charge in [-0.05, 0) is 30.4 Å². The molecular formula is C23H40O3. The highest BCUT2D eigenvalue weighted by molar-refractivity contribution is 5.26. The fourth-order valence-corrected chi connectivity index (χ4v) is 3.65. The molecule has 26 heavy (non-hydrogen) atoms. The zero-order valence-electron chi connectivity index (χ0n) is 17.7. The molecule has 1 atom stereocenters. The lowest BCUT2D eigenvalue weighted by Gasteiger charge is -2.36. The molecule has 150 valence electrons. The van der Waals surface area contributed by atoms with Crippen LogP contribution in [0.15, 0.2) is 24.3 Å². The van der Waals surface area contributed by atoms with E-state index in [-0.39, 0.29) is 5.92 Å². The first-order chi connectivity index (χ1) is 12.7. The summed E-state index contributed by atoms with van der Waals surface area (Å²) in [6, 6.07) is 8.92. The molecule has 1 aromatic rings. The average Bonchev–Trinajstić information content (AvgIpc) is 2.69. The molecule has 1 aromatic carbocycles. The largest absolute Gasteiger partial charge is 0.330 e. The third-order valence-electron chi connectivity index (χ3n) is 5.33. The lowest BCUT2D eigenvalue weighted by Crippen LogP contribution is -2.42. The van der Waals surface area contributed by atoms with Gasteiger partial charge in [0, 0.05) is 21.3 Å². The number of hydrogen-bond acceptors (Lipinski definition) is 3. The standard InChI is InChI=1S/C23H40O3/c1-6-8-10-11-12-13-15-22(23(24-3,25-4)26-5)21-18-16-20(17-19-21)14-9-7-2/h16-19,22H,6-15H2,1-5H3. The molecule has 0 aliphatic carbocycles. The maximum absolute atomic E-state index is 5.70. The normalized spacial score (nSPS) is 13.1. The fraction of sp³-hybridized carbons (Fsp3) is 0.739. The van der Waals surface area contributed by atoms with Crippen LogP contribution in [0.25, 0.3) is 0 Å². The summed E-state index contributed by atoms with van der Waals surface area (Å²) in [4.78, 5) is 0. The molecule has 0 fully saturated rings. The van der Waals surface area contributed by atoms with Crippen molar-refractivity contribution in [3.63, 3.8) is 0 Å². The van der Waals surface area contributed by atoms with Crippen molar-refractivity contribution < 1.29 is 14.2 Å². The highest BCUT2D eigenvalue weighted by Gasteiger charge is 2.40. The van der Waals surface area contributed by atoms with E-state index in [9.17, 15) is 0 Å². The smallest absolute Gasteiger partial charge is 0.289 e. The predicted octanol–water partition coefficient (Wildman–Crippen LogP) is 6.46. The van der Waals surface area contributed by atoms with Crippen molar-refractivity contribution in [1.82, 2.24) is 0 Å². The zero-order chi connectivity index (χ0) is 19.3. The van der Waals surface area contributed by atoms with Crippen LogP contribution < -0.4 is 0 Å². The highest BCUT2D eigenvalue weighted by atomic mass is 16.9. The minimum Gasteiger partial charge on any atom is -0.330 e. The van der Waals surface area contributed by atoms with E-state index in [1.807, 2.05) is 0 Å². The van der Waals surface area contributed by atoms with Crippen molar-refractivity contribution in [3.05, 3.63) is 35.4 Å². The average molecular weight is 365 g/mol. The Hall–Kier alpha value is -0.900. The second-order valence-electron chi connectivity index (χ2n) is 7.17. The number of ether oxygens (including phenoxy) is 3. The first-order valence-corrected chi connectivity index (χ1v) is 10.4. The minimum atomic E-state index is -1.02. The molecule has 0 heterocycles. The SMILES string of the molecule is CCCCCCCCC(c1ccc(CCCC)cc1)C(OC)(OC)OC. The van der Waals surface area contributed by atoms with Crippen molar-refractivity contribution in [2.24, 2.45) is 0 Å². The van der Waals surface area contributed by atoms with Gasteiger partial charge in [0.1, 0.15) is 0 Å². The number of unbranched alkanes of at least 4 members (excludes halogenated alkanes) is 6. The molecule has 0 bridgehead atoms. The Morgan fingerprint density at radius 2 is 1.27 bits per heavy atom. The van der Waals surface area contributed by atoms with E-state index < -0.39 is 5.97 Å². The molecule has 1 rings (SSSR count). The van der Waals surface area contributed by atoms with E-state index in [0.717, 1.165) is 19.3 Å². The number of rotatable bonds is 15. The van der Waals surface area contributed by atoms with E-state index in [2.05, 4.69) is 38.1 Å². The Bertz CT molecular complexity index is 443. The molecule has 0 N–H and O–H groups in total. The Morgan fingerprint density at radius 3 is 1.81 bits per heavy atom. The molecule has 0 aliphatic rings. The van der Waals surface area contributed by atoms with Gasteiger partial charge in [0.15, 0.2) is 0 Å². The van der Waals surface area contributed by atoms with Crippen LogP contribution in [0.2, 0.25) is 0 Å². The van der Waals surface area contributed by atoms with Crippen LogP contribution in [-0.2, 0) is 20.6 Å². The summed E-state index contributed by atoms with van der Waals surface area (Å²) in [5.74, 6) is -0.956. The summed E-state index contributed by atoms with van der Waals surface area (Å²) >= 11 is 0. The Balaban J connectivity index is 2.82. The van der Waals surface area contributed by atoms with Gasteiger partial charge in [0.05, 0.1) is 5.92 Å². The van der Waals surface area contributed by atoms with E-state index in [1.165, 1.54) is 56.1 Å². The van der Waals surface area contributed by atoms with E-state index in [4.69, 9.17) is 14.2 Å². The molecule has 0 spiro atoms. The van der Waals surface area contributed by atoms with Crippen LogP contribution in [0.1, 0.15) is 88.7 Å². The third-order valence-corrected chi connectivity index (χ3v) is 5.33. The molecule has 0 amide bonds. The van der Waals surface area contributed by atoms with Gasteiger partial charge in [-0.2, -0.15) is 0 Å². The molecule has 0 saturated heterocycles. The van der Waals surface area contributed by atoms with Crippen molar-refractivity contribution in [2.45, 2.75) is 89.9 Å². The van der Waals surface area contributed by atoms with Crippen LogP contribution in [0, 0.1) is 0 Å². The van der Waals surface area contributed by atoms with Gasteiger partial charge in [-0.1, -0.05) is 83.1 Å². The topological polar surface area (TPSA) is 27.7 Å². The predicted molar refractivity (Wildman–Crippen MR) is 110 cm³/mol. The Morgan fingerprint density at radius 1 is 0.731 bits per heavy atom. The summed E-state index contributed by atoms with van der Waals surface area (Å²) in [6.07, 6.45) is 12.3. The van der Waals surface area contributed by atoms with Crippen LogP contribution in [0.3, 0.4) is 0 Å². The summed E-state index contributed by atoms with van der Waals surface area (Å²) in [5, 5.41) is 0. The summed E-state index contributed by atoms with van der Waals surface area (Å²) < 4.78 is 17.1. The molecule has 3 heteroatoms. The monoisotopic (exact) mass is 364 g/mol. The zero-order valence-corrected chi connectivity index (χ0v) is 17.7. The first-order valence-electron chi connectivity index (χ1n) is 10.4. The molecule has 0 aliphatic heterocycles. The first kappa shape index (κ1) is 23.1. The number of methoxy groups -OCH3 is 3.